The van der Waals surface area contributed by atoms with Gasteiger partial charge in [-0.2, -0.15) is 0 Å². The van der Waals surface area contributed by atoms with Gasteiger partial charge >= 0.3 is 0 Å². The molecule has 1 aromatic rings. The number of morpholine rings is 1. The van der Waals surface area contributed by atoms with Crippen molar-refractivity contribution in [1.82, 2.24) is 10.2 Å². The van der Waals surface area contributed by atoms with E-state index in [1.165, 1.54) is 0 Å². The molecule has 122 valence electrons. The number of ether oxygens (including phenoxy) is 1. The summed E-state index contributed by atoms with van der Waals surface area (Å²) in [6, 6.07) is 6.54. The average molecular weight is 381 g/mol. The number of aliphatic imine (C=N–C) groups is 1. The minimum absolute atomic E-state index is 0.0518. The minimum atomic E-state index is -0.717. The Labute approximate surface area is 142 Å². The molecule has 23 heavy (non-hydrogen) atoms. The summed E-state index contributed by atoms with van der Waals surface area (Å²) >= 11 is 3.34. The third kappa shape index (κ3) is 4.08. The van der Waals surface area contributed by atoms with Crippen molar-refractivity contribution in [3.05, 3.63) is 28.7 Å². The summed E-state index contributed by atoms with van der Waals surface area (Å²) in [4.78, 5) is 30.6. The maximum Gasteiger partial charge on any atom is 0.249 e. The molecule has 0 spiro atoms. The molecular formula is C15H17BrN4O3. The summed E-state index contributed by atoms with van der Waals surface area (Å²) in [5, 5.41) is 5.53. The molecule has 1 unspecified atom stereocenters. The van der Waals surface area contributed by atoms with E-state index in [1.54, 1.807) is 12.1 Å². The zero-order chi connectivity index (χ0) is 16.2. The van der Waals surface area contributed by atoms with Crippen LogP contribution in [0.4, 0.5) is 5.69 Å². The SMILES string of the molecule is O=C1CC(C(=O)Nc2ccc(Br)cc2)N=C(N2CCOCC2)N1. The van der Waals surface area contributed by atoms with Crippen LogP contribution in [0.15, 0.2) is 33.7 Å². The molecule has 0 aliphatic carbocycles. The van der Waals surface area contributed by atoms with Crippen LogP contribution in [0.3, 0.4) is 0 Å². The molecule has 2 amide bonds. The quantitative estimate of drug-likeness (QED) is 0.800. The fourth-order valence-electron chi connectivity index (χ4n) is 2.42. The van der Waals surface area contributed by atoms with E-state index < -0.39 is 6.04 Å². The number of hydrogen-bond donors (Lipinski definition) is 2. The Kier molecular flexibility index (Phi) is 4.92. The maximum atomic E-state index is 12.4. The molecule has 2 heterocycles. The number of nitrogens with zero attached hydrogens (tertiary/aromatic N) is 2. The molecule has 0 bridgehead atoms. The molecule has 1 atom stereocenters. The van der Waals surface area contributed by atoms with Crippen LogP contribution in [-0.4, -0.2) is 55.0 Å². The second-order valence-corrected chi connectivity index (χ2v) is 6.23. The maximum absolute atomic E-state index is 12.4. The minimum Gasteiger partial charge on any atom is -0.378 e. The molecule has 7 nitrogen and oxygen atoms in total. The van der Waals surface area contributed by atoms with Gasteiger partial charge in [0.25, 0.3) is 0 Å². The van der Waals surface area contributed by atoms with Crippen molar-refractivity contribution in [1.29, 1.82) is 0 Å². The monoisotopic (exact) mass is 380 g/mol. The smallest absolute Gasteiger partial charge is 0.249 e. The Morgan fingerprint density at radius 1 is 1.30 bits per heavy atom. The second-order valence-electron chi connectivity index (χ2n) is 5.32. The van der Waals surface area contributed by atoms with Crippen LogP contribution < -0.4 is 10.6 Å². The van der Waals surface area contributed by atoms with Gasteiger partial charge in [-0.25, -0.2) is 4.99 Å². The van der Waals surface area contributed by atoms with Crippen molar-refractivity contribution < 1.29 is 14.3 Å². The third-order valence-corrected chi connectivity index (χ3v) is 4.16. The summed E-state index contributed by atoms with van der Waals surface area (Å²) in [6.07, 6.45) is 0.0518. The Morgan fingerprint density at radius 2 is 2.00 bits per heavy atom. The molecule has 3 rings (SSSR count). The molecule has 2 N–H and O–H groups in total. The van der Waals surface area contributed by atoms with Crippen LogP contribution in [0.2, 0.25) is 0 Å². The van der Waals surface area contributed by atoms with Gasteiger partial charge in [-0.05, 0) is 24.3 Å². The third-order valence-electron chi connectivity index (χ3n) is 3.63. The lowest BCUT2D eigenvalue weighted by Crippen LogP contribution is -2.53. The molecule has 2 aliphatic rings. The summed E-state index contributed by atoms with van der Waals surface area (Å²) in [5.41, 5.74) is 0.673. The van der Waals surface area contributed by atoms with E-state index in [-0.39, 0.29) is 18.2 Å². The lowest BCUT2D eigenvalue weighted by Gasteiger charge is -2.32. The van der Waals surface area contributed by atoms with Gasteiger partial charge in [0.2, 0.25) is 17.8 Å². The van der Waals surface area contributed by atoms with Crippen molar-refractivity contribution in [2.45, 2.75) is 12.5 Å². The highest BCUT2D eigenvalue weighted by atomic mass is 79.9. The molecular weight excluding hydrogens is 364 g/mol. The van der Waals surface area contributed by atoms with Crippen molar-refractivity contribution >= 4 is 39.4 Å². The van der Waals surface area contributed by atoms with Crippen molar-refractivity contribution in [2.75, 3.05) is 31.6 Å². The summed E-state index contributed by atoms with van der Waals surface area (Å²) in [5.74, 6) is -0.0223. The van der Waals surface area contributed by atoms with E-state index in [0.717, 1.165) is 4.47 Å². The molecule has 1 aromatic carbocycles. The largest absolute Gasteiger partial charge is 0.378 e. The number of rotatable bonds is 2. The summed E-state index contributed by atoms with van der Waals surface area (Å²) in [6.45, 7) is 2.48. The molecule has 8 heteroatoms. The predicted octanol–water partition coefficient (Wildman–Crippen LogP) is 0.964. The van der Waals surface area contributed by atoms with Gasteiger partial charge in [-0.15, -0.1) is 0 Å². The number of carbonyl (C=O) groups excluding carboxylic acids is 2. The van der Waals surface area contributed by atoms with E-state index in [0.29, 0.717) is 38.0 Å². The Hall–Kier alpha value is -1.93. The van der Waals surface area contributed by atoms with E-state index in [1.807, 2.05) is 17.0 Å². The van der Waals surface area contributed by atoms with Gasteiger partial charge in [-0.1, -0.05) is 15.9 Å². The normalized spacial score (nSPS) is 21.4. The Balaban J connectivity index is 1.70. The highest BCUT2D eigenvalue weighted by molar-refractivity contribution is 9.10. The van der Waals surface area contributed by atoms with Crippen LogP contribution in [0, 0.1) is 0 Å². The van der Waals surface area contributed by atoms with Crippen LogP contribution in [0.1, 0.15) is 6.42 Å². The Morgan fingerprint density at radius 3 is 2.70 bits per heavy atom. The second kappa shape index (κ2) is 7.10. The van der Waals surface area contributed by atoms with Gasteiger partial charge in [0.1, 0.15) is 6.04 Å². The first-order valence-electron chi connectivity index (χ1n) is 7.38. The fraction of sp³-hybridized carbons (Fsp3) is 0.400. The number of carbonyl (C=O) groups is 2. The Bertz CT molecular complexity index is 626. The molecule has 0 saturated carbocycles. The van der Waals surface area contributed by atoms with Gasteiger partial charge in [0.05, 0.1) is 19.6 Å². The average Bonchev–Trinajstić information content (AvgIpc) is 2.57. The van der Waals surface area contributed by atoms with Crippen LogP contribution in [-0.2, 0) is 14.3 Å². The van der Waals surface area contributed by atoms with Gasteiger partial charge in [0, 0.05) is 23.2 Å². The highest BCUT2D eigenvalue weighted by Crippen LogP contribution is 2.16. The van der Waals surface area contributed by atoms with E-state index in [9.17, 15) is 9.59 Å². The first kappa shape index (κ1) is 15.9. The zero-order valence-electron chi connectivity index (χ0n) is 12.4. The van der Waals surface area contributed by atoms with Gasteiger partial charge in [-0.3, -0.25) is 14.9 Å². The number of hydrogen-bond acceptors (Lipinski definition) is 5. The van der Waals surface area contributed by atoms with Crippen molar-refractivity contribution in [2.24, 2.45) is 4.99 Å². The number of nitrogens with one attached hydrogen (secondary N) is 2. The standard InChI is InChI=1S/C15H17BrN4O3/c16-10-1-3-11(4-2-10)17-14(22)12-9-13(21)19-15(18-12)20-5-7-23-8-6-20/h1-4,12H,5-9H2,(H,17,22)(H,18,19,21). The number of amides is 2. The predicted molar refractivity (Wildman–Crippen MR) is 89.1 cm³/mol. The number of benzene rings is 1. The molecule has 0 radical (unpaired) electrons. The first-order valence-corrected chi connectivity index (χ1v) is 8.18. The molecule has 2 aliphatic heterocycles. The highest BCUT2D eigenvalue weighted by Gasteiger charge is 2.29. The van der Waals surface area contributed by atoms with E-state index in [2.05, 4.69) is 31.6 Å². The van der Waals surface area contributed by atoms with Crippen LogP contribution in [0.5, 0.6) is 0 Å². The topological polar surface area (TPSA) is 83.0 Å². The van der Waals surface area contributed by atoms with Gasteiger partial charge < -0.3 is 15.0 Å². The number of halogens is 1. The summed E-state index contributed by atoms with van der Waals surface area (Å²) < 4.78 is 6.22. The fourth-order valence-corrected chi connectivity index (χ4v) is 2.69. The van der Waals surface area contributed by atoms with Gasteiger partial charge in [0.15, 0.2) is 0 Å². The number of guanidine groups is 1. The van der Waals surface area contributed by atoms with Crippen molar-refractivity contribution in [3.63, 3.8) is 0 Å². The first-order chi connectivity index (χ1) is 11.1. The van der Waals surface area contributed by atoms with E-state index in [4.69, 9.17) is 4.74 Å². The van der Waals surface area contributed by atoms with E-state index >= 15 is 0 Å². The zero-order valence-corrected chi connectivity index (χ0v) is 14.0. The molecule has 0 aromatic heterocycles. The molecule has 1 fully saturated rings. The van der Waals surface area contributed by atoms with Crippen LogP contribution >= 0.6 is 15.9 Å². The number of anilines is 1. The lowest BCUT2D eigenvalue weighted by molar-refractivity contribution is -0.125. The molecule has 1 saturated heterocycles. The lowest BCUT2D eigenvalue weighted by atomic mass is 10.1. The summed E-state index contributed by atoms with van der Waals surface area (Å²) in [7, 11) is 0. The van der Waals surface area contributed by atoms with Crippen LogP contribution in [0.25, 0.3) is 0 Å². The van der Waals surface area contributed by atoms with Crippen molar-refractivity contribution in [3.8, 4) is 0 Å².